The Labute approximate surface area is 358 Å². The van der Waals surface area contributed by atoms with Gasteiger partial charge in [0.15, 0.2) is 6.10 Å². The van der Waals surface area contributed by atoms with Gasteiger partial charge in [0.1, 0.15) is 6.61 Å². The number of rotatable bonds is 47. The number of ether oxygens (including phenoxy) is 2. The fraction of sp³-hybridized carbons (Fsp3) is 0.917. The van der Waals surface area contributed by atoms with Gasteiger partial charge in [0.05, 0.1) is 13.2 Å². The number of esters is 2. The first-order chi connectivity index (χ1) is 28.3. The lowest BCUT2D eigenvalue weighted by Crippen LogP contribution is -2.29. The summed E-state index contributed by atoms with van der Waals surface area (Å²) < 4.78 is 32.8. The molecule has 0 aromatic rings. The summed E-state index contributed by atoms with van der Waals surface area (Å²) in [6.45, 7) is 3.74. The predicted molar refractivity (Wildman–Crippen MR) is 243 cm³/mol. The fourth-order valence-electron chi connectivity index (χ4n) is 7.24. The van der Waals surface area contributed by atoms with Crippen LogP contribution in [0.5, 0.6) is 0 Å². The van der Waals surface area contributed by atoms with Crippen LogP contribution in [0.15, 0.2) is 12.2 Å². The minimum absolute atomic E-state index is 0.0519. The number of allylic oxidation sites excluding steroid dienone is 2. The first-order valence-electron chi connectivity index (χ1n) is 24.7. The Balaban J connectivity index is 4.02. The molecule has 0 saturated carbocycles. The van der Waals surface area contributed by atoms with Gasteiger partial charge in [0.2, 0.25) is 0 Å². The second kappa shape index (κ2) is 45.3. The average Bonchev–Trinajstić information content (AvgIpc) is 3.21. The maximum Gasteiger partial charge on any atom is 0.472 e. The van der Waals surface area contributed by atoms with Crippen LogP contribution in [-0.4, -0.2) is 49.3 Å². The van der Waals surface area contributed by atoms with Crippen LogP contribution in [0.4, 0.5) is 0 Å². The first-order valence-corrected chi connectivity index (χ1v) is 26.2. The molecule has 0 aliphatic rings. The zero-order valence-corrected chi connectivity index (χ0v) is 38.9. The zero-order chi connectivity index (χ0) is 42.5. The minimum atomic E-state index is -4.38. The van der Waals surface area contributed by atoms with Gasteiger partial charge in [-0.3, -0.25) is 18.6 Å². The number of phosphoric ester groups is 1. The highest BCUT2D eigenvalue weighted by molar-refractivity contribution is 7.47. The molecule has 0 amide bonds. The third kappa shape index (κ3) is 44.3. The molecule has 9 nitrogen and oxygen atoms in total. The van der Waals surface area contributed by atoms with Crippen LogP contribution in [-0.2, 0) is 32.7 Å². The number of hydrogen-bond acceptors (Lipinski definition) is 8. The number of unbranched alkanes of at least 4 members (excludes halogenated alkanes) is 32. The van der Waals surface area contributed by atoms with Gasteiger partial charge in [0.25, 0.3) is 0 Å². The van der Waals surface area contributed by atoms with Crippen molar-refractivity contribution in [3.8, 4) is 0 Å². The van der Waals surface area contributed by atoms with Crippen LogP contribution in [0.1, 0.15) is 251 Å². The van der Waals surface area contributed by atoms with E-state index >= 15 is 0 Å². The van der Waals surface area contributed by atoms with Crippen molar-refractivity contribution in [2.24, 2.45) is 5.73 Å². The van der Waals surface area contributed by atoms with Crippen molar-refractivity contribution in [3.63, 3.8) is 0 Å². The van der Waals surface area contributed by atoms with Crippen molar-refractivity contribution in [2.75, 3.05) is 26.4 Å². The Bertz CT molecular complexity index is 964. The van der Waals surface area contributed by atoms with Gasteiger partial charge in [-0.1, -0.05) is 225 Å². The second-order valence-electron chi connectivity index (χ2n) is 16.7. The number of carbonyl (C=O) groups excluding carboxylic acids is 2. The molecule has 1 unspecified atom stereocenters. The molecule has 0 saturated heterocycles. The van der Waals surface area contributed by atoms with E-state index in [4.69, 9.17) is 24.3 Å². The van der Waals surface area contributed by atoms with E-state index < -0.39 is 26.5 Å². The molecule has 10 heteroatoms. The van der Waals surface area contributed by atoms with Crippen molar-refractivity contribution >= 4 is 19.8 Å². The largest absolute Gasteiger partial charge is 0.472 e. The van der Waals surface area contributed by atoms with E-state index in [1.54, 1.807) is 0 Å². The maximum absolute atomic E-state index is 12.6. The molecule has 0 heterocycles. The van der Waals surface area contributed by atoms with Gasteiger partial charge in [-0.2, -0.15) is 0 Å². The Morgan fingerprint density at radius 1 is 0.500 bits per heavy atom. The quantitative estimate of drug-likeness (QED) is 0.0266. The molecule has 0 aromatic carbocycles. The van der Waals surface area contributed by atoms with Gasteiger partial charge in [0, 0.05) is 19.4 Å². The lowest BCUT2D eigenvalue weighted by atomic mass is 10.0. The van der Waals surface area contributed by atoms with Crippen LogP contribution in [0.3, 0.4) is 0 Å². The molecular weight excluding hydrogens is 750 g/mol. The summed E-state index contributed by atoms with van der Waals surface area (Å²) in [6, 6.07) is 0. The molecule has 58 heavy (non-hydrogen) atoms. The summed E-state index contributed by atoms with van der Waals surface area (Å²) in [5.41, 5.74) is 5.36. The topological polar surface area (TPSA) is 134 Å². The van der Waals surface area contributed by atoms with Crippen molar-refractivity contribution in [3.05, 3.63) is 12.2 Å². The standard InChI is InChI=1S/C48H94NO8P/c1-3-5-7-9-11-13-15-17-19-20-21-22-23-24-25-27-28-30-32-34-36-38-40-47(50)54-44-46(45-56-58(52,53)55-43-42-49)57-48(51)41-39-37-35-33-31-29-26-18-16-14-12-10-8-6-4-2/h35,37,46H,3-34,36,38-45,49H2,1-2H3,(H,52,53)/b37-35+/t46-/m1/s1. The second-order valence-corrected chi connectivity index (χ2v) is 18.1. The van der Waals surface area contributed by atoms with Crippen LogP contribution in [0.2, 0.25) is 0 Å². The summed E-state index contributed by atoms with van der Waals surface area (Å²) in [5, 5.41) is 0. The Morgan fingerprint density at radius 2 is 0.879 bits per heavy atom. The summed E-state index contributed by atoms with van der Waals surface area (Å²) in [4.78, 5) is 34.9. The van der Waals surface area contributed by atoms with E-state index in [1.165, 1.54) is 186 Å². The summed E-state index contributed by atoms with van der Waals surface area (Å²) >= 11 is 0. The van der Waals surface area contributed by atoms with Crippen molar-refractivity contribution in [1.29, 1.82) is 0 Å². The number of hydrogen-bond donors (Lipinski definition) is 2. The van der Waals surface area contributed by atoms with Gasteiger partial charge < -0.3 is 20.1 Å². The Hall–Kier alpha value is -1.25. The molecular formula is C48H94NO8P. The van der Waals surface area contributed by atoms with E-state index in [0.29, 0.717) is 6.42 Å². The molecule has 0 bridgehead atoms. The number of phosphoric acid groups is 1. The normalized spacial score (nSPS) is 13.2. The van der Waals surface area contributed by atoms with E-state index in [1.807, 2.05) is 6.08 Å². The van der Waals surface area contributed by atoms with Crippen molar-refractivity contribution in [2.45, 2.75) is 258 Å². The lowest BCUT2D eigenvalue weighted by molar-refractivity contribution is -0.161. The third-order valence-electron chi connectivity index (χ3n) is 10.9. The molecule has 0 spiro atoms. The molecule has 0 fully saturated rings. The Kier molecular flexibility index (Phi) is 44.3. The SMILES string of the molecule is CCCCCCCCCCCCC/C=C/CCC(=O)O[C@H](COC(=O)CCCCCCCCCCCCCCCCCCCCCCCC)COP(=O)(O)OCCN. The molecule has 0 aliphatic heterocycles. The molecule has 0 aromatic heterocycles. The zero-order valence-electron chi connectivity index (χ0n) is 38.1. The van der Waals surface area contributed by atoms with E-state index in [-0.39, 0.29) is 38.6 Å². The fourth-order valence-corrected chi connectivity index (χ4v) is 8.01. The average molecular weight is 844 g/mol. The van der Waals surface area contributed by atoms with Gasteiger partial charge >= 0.3 is 19.8 Å². The molecule has 0 radical (unpaired) electrons. The van der Waals surface area contributed by atoms with Gasteiger partial charge in [-0.25, -0.2) is 4.57 Å². The van der Waals surface area contributed by atoms with Crippen molar-refractivity contribution < 1.29 is 37.6 Å². The smallest absolute Gasteiger partial charge is 0.462 e. The van der Waals surface area contributed by atoms with Crippen LogP contribution in [0, 0.1) is 0 Å². The third-order valence-corrected chi connectivity index (χ3v) is 11.9. The minimum Gasteiger partial charge on any atom is -0.462 e. The van der Waals surface area contributed by atoms with E-state index in [9.17, 15) is 19.0 Å². The van der Waals surface area contributed by atoms with Crippen LogP contribution < -0.4 is 5.73 Å². The summed E-state index contributed by atoms with van der Waals surface area (Å²) in [5.74, 6) is -0.870. The number of nitrogens with two attached hydrogens (primary N) is 1. The summed E-state index contributed by atoms with van der Waals surface area (Å²) in [7, 11) is -4.38. The highest BCUT2D eigenvalue weighted by Gasteiger charge is 2.26. The highest BCUT2D eigenvalue weighted by Crippen LogP contribution is 2.43. The molecule has 344 valence electrons. The highest BCUT2D eigenvalue weighted by atomic mass is 31.2. The summed E-state index contributed by atoms with van der Waals surface area (Å²) in [6.07, 6.45) is 48.4. The first kappa shape index (κ1) is 56.8. The monoisotopic (exact) mass is 844 g/mol. The maximum atomic E-state index is 12.6. The van der Waals surface area contributed by atoms with Crippen molar-refractivity contribution in [1.82, 2.24) is 0 Å². The molecule has 3 N–H and O–H groups in total. The molecule has 0 rings (SSSR count). The van der Waals surface area contributed by atoms with E-state index in [2.05, 4.69) is 19.9 Å². The Morgan fingerprint density at radius 3 is 1.29 bits per heavy atom. The van der Waals surface area contributed by atoms with E-state index in [0.717, 1.165) is 32.1 Å². The lowest BCUT2D eigenvalue weighted by Gasteiger charge is -2.19. The van der Waals surface area contributed by atoms with Gasteiger partial charge in [-0.15, -0.1) is 0 Å². The van der Waals surface area contributed by atoms with Gasteiger partial charge in [-0.05, 0) is 25.7 Å². The molecule has 2 atom stereocenters. The number of carbonyl (C=O) groups is 2. The molecule has 0 aliphatic carbocycles. The predicted octanol–water partition coefficient (Wildman–Crippen LogP) is 14.6. The van der Waals surface area contributed by atoms with Crippen LogP contribution in [0.25, 0.3) is 0 Å². The van der Waals surface area contributed by atoms with Crippen LogP contribution >= 0.6 is 7.82 Å².